The molecule has 1 amide bonds. The summed E-state index contributed by atoms with van der Waals surface area (Å²) in [6.07, 6.45) is 1.76. The molecular weight excluding hydrogens is 310 g/mol. The minimum atomic E-state index is -0.733. The number of nitrogens with one attached hydrogen (secondary N) is 1. The van der Waals surface area contributed by atoms with Gasteiger partial charge in [-0.15, -0.1) is 0 Å². The van der Waals surface area contributed by atoms with Crippen LogP contribution in [0.1, 0.15) is 67.2 Å². The third kappa shape index (κ3) is 8.11. The fraction of sp³-hybridized carbons (Fsp3) is 0.889. The van der Waals surface area contributed by atoms with Gasteiger partial charge >= 0.3 is 6.09 Å². The molecule has 1 unspecified atom stereocenters. The van der Waals surface area contributed by atoms with Crippen LogP contribution < -0.4 is 5.32 Å². The quantitative estimate of drug-likeness (QED) is 0.766. The summed E-state index contributed by atoms with van der Waals surface area (Å²) in [6.45, 7) is 11.6. The van der Waals surface area contributed by atoms with Gasteiger partial charge in [-0.05, 0) is 59.3 Å². The number of rotatable bonds is 7. The summed E-state index contributed by atoms with van der Waals surface area (Å²) in [5, 5.41) is 2.81. The van der Waals surface area contributed by atoms with Gasteiger partial charge in [-0.2, -0.15) is 0 Å². The van der Waals surface area contributed by atoms with Gasteiger partial charge in [0.15, 0.2) is 12.1 Å². The van der Waals surface area contributed by atoms with E-state index in [1.165, 1.54) is 6.92 Å². The molecule has 1 aliphatic heterocycles. The molecule has 3 atom stereocenters. The van der Waals surface area contributed by atoms with Crippen molar-refractivity contribution in [2.75, 3.05) is 6.61 Å². The van der Waals surface area contributed by atoms with Crippen LogP contribution in [-0.2, 0) is 19.0 Å². The van der Waals surface area contributed by atoms with Gasteiger partial charge in [-0.25, -0.2) is 4.79 Å². The lowest BCUT2D eigenvalue weighted by molar-refractivity contribution is -0.195. The third-order valence-electron chi connectivity index (χ3n) is 3.63. The second kappa shape index (κ2) is 9.37. The summed E-state index contributed by atoms with van der Waals surface area (Å²) in [7, 11) is 0. The molecule has 1 saturated heterocycles. The van der Waals surface area contributed by atoms with Crippen LogP contribution >= 0.6 is 0 Å². The number of ether oxygens (including phenoxy) is 3. The van der Waals surface area contributed by atoms with E-state index in [2.05, 4.69) is 5.32 Å². The van der Waals surface area contributed by atoms with E-state index in [1.807, 2.05) is 13.8 Å². The van der Waals surface area contributed by atoms with Crippen LogP contribution in [0.3, 0.4) is 0 Å². The average molecular weight is 343 g/mol. The number of carbonyl (C=O) groups excluding carboxylic acids is 2. The Morgan fingerprint density at radius 1 is 1.25 bits per heavy atom. The lowest BCUT2D eigenvalue weighted by Gasteiger charge is -2.32. The highest BCUT2D eigenvalue weighted by molar-refractivity contribution is 5.82. The van der Waals surface area contributed by atoms with Gasteiger partial charge < -0.3 is 19.5 Å². The SMILES string of the molecule is CC(=O)[C@H](OC1CCCCO1)[C@H](CC(C)C)NC(=O)OC(C)(C)C. The molecule has 0 aromatic heterocycles. The molecule has 1 N–H and O–H groups in total. The van der Waals surface area contributed by atoms with E-state index in [1.54, 1.807) is 20.8 Å². The number of ketones is 1. The third-order valence-corrected chi connectivity index (χ3v) is 3.63. The highest BCUT2D eigenvalue weighted by Crippen LogP contribution is 2.20. The Morgan fingerprint density at radius 3 is 2.38 bits per heavy atom. The molecule has 6 nitrogen and oxygen atoms in total. The molecule has 0 aromatic carbocycles. The van der Waals surface area contributed by atoms with Gasteiger partial charge in [0, 0.05) is 6.61 Å². The first-order valence-electron chi connectivity index (χ1n) is 8.85. The molecule has 6 heteroatoms. The molecule has 0 spiro atoms. The zero-order valence-electron chi connectivity index (χ0n) is 15.9. The molecule has 0 saturated carbocycles. The summed E-state index contributed by atoms with van der Waals surface area (Å²) in [5.74, 6) is 0.175. The zero-order valence-corrected chi connectivity index (χ0v) is 15.9. The first kappa shape index (κ1) is 20.9. The summed E-state index contributed by atoms with van der Waals surface area (Å²) < 4.78 is 16.8. The van der Waals surface area contributed by atoms with Gasteiger partial charge in [0.05, 0.1) is 6.04 Å². The normalized spacial score (nSPS) is 21.2. The van der Waals surface area contributed by atoms with Crippen LogP contribution in [-0.4, -0.2) is 42.5 Å². The predicted octanol–water partition coefficient (Wildman–Crippen LogP) is 3.43. The Kier molecular flexibility index (Phi) is 8.16. The summed E-state index contributed by atoms with van der Waals surface area (Å²) in [6, 6.07) is -0.442. The maximum absolute atomic E-state index is 12.1. The van der Waals surface area contributed by atoms with E-state index in [9.17, 15) is 9.59 Å². The largest absolute Gasteiger partial charge is 0.444 e. The van der Waals surface area contributed by atoms with Gasteiger partial charge in [-0.1, -0.05) is 13.8 Å². The highest BCUT2D eigenvalue weighted by atomic mass is 16.7. The van der Waals surface area contributed by atoms with E-state index >= 15 is 0 Å². The summed E-state index contributed by atoms with van der Waals surface area (Å²) in [5.41, 5.74) is -0.592. The molecule has 1 aliphatic rings. The van der Waals surface area contributed by atoms with Crippen molar-refractivity contribution in [3.8, 4) is 0 Å². The van der Waals surface area contributed by atoms with E-state index < -0.39 is 23.8 Å². The van der Waals surface area contributed by atoms with Crippen molar-refractivity contribution in [3.63, 3.8) is 0 Å². The lowest BCUT2D eigenvalue weighted by Crippen LogP contribution is -2.51. The van der Waals surface area contributed by atoms with Crippen molar-refractivity contribution >= 4 is 11.9 Å². The second-order valence-electron chi connectivity index (χ2n) is 7.85. The molecule has 24 heavy (non-hydrogen) atoms. The Hall–Kier alpha value is -1.14. The zero-order chi connectivity index (χ0) is 18.3. The minimum Gasteiger partial charge on any atom is -0.444 e. The first-order chi connectivity index (χ1) is 11.1. The van der Waals surface area contributed by atoms with Crippen molar-refractivity contribution in [3.05, 3.63) is 0 Å². The van der Waals surface area contributed by atoms with Crippen LogP contribution in [0.5, 0.6) is 0 Å². The van der Waals surface area contributed by atoms with Gasteiger partial charge in [0.25, 0.3) is 0 Å². The van der Waals surface area contributed by atoms with Crippen LogP contribution in [0.25, 0.3) is 0 Å². The number of amides is 1. The smallest absolute Gasteiger partial charge is 0.407 e. The van der Waals surface area contributed by atoms with Crippen molar-refractivity contribution in [1.29, 1.82) is 0 Å². The van der Waals surface area contributed by atoms with Crippen molar-refractivity contribution in [2.24, 2.45) is 5.92 Å². The Morgan fingerprint density at radius 2 is 1.92 bits per heavy atom. The van der Waals surface area contributed by atoms with E-state index in [0.29, 0.717) is 18.9 Å². The highest BCUT2D eigenvalue weighted by Gasteiger charge is 2.33. The molecule has 0 radical (unpaired) electrons. The molecule has 140 valence electrons. The van der Waals surface area contributed by atoms with Crippen LogP contribution in [0.2, 0.25) is 0 Å². The molecule has 1 rings (SSSR count). The predicted molar refractivity (Wildman–Crippen MR) is 91.8 cm³/mol. The Labute approximate surface area is 145 Å². The summed E-state index contributed by atoms with van der Waals surface area (Å²) >= 11 is 0. The topological polar surface area (TPSA) is 73.9 Å². The lowest BCUT2D eigenvalue weighted by atomic mass is 9.97. The number of alkyl carbamates (subject to hydrolysis) is 1. The van der Waals surface area contributed by atoms with Gasteiger partial charge in [0.2, 0.25) is 0 Å². The van der Waals surface area contributed by atoms with Crippen molar-refractivity contribution in [2.45, 2.75) is 91.3 Å². The standard InChI is InChI=1S/C18H33NO5/c1-12(2)11-14(19-17(21)24-18(4,5)6)16(13(3)20)23-15-9-7-8-10-22-15/h12,14-16H,7-11H2,1-6H3,(H,19,21)/t14-,15?,16-/m0/s1. The molecule has 0 aliphatic carbocycles. The minimum absolute atomic E-state index is 0.120. The Balaban J connectivity index is 2.79. The molecule has 1 fully saturated rings. The molecular formula is C18H33NO5. The fourth-order valence-corrected chi connectivity index (χ4v) is 2.68. The number of hydrogen-bond donors (Lipinski definition) is 1. The van der Waals surface area contributed by atoms with Gasteiger partial charge in [0.1, 0.15) is 11.7 Å². The second-order valence-corrected chi connectivity index (χ2v) is 7.85. The van der Waals surface area contributed by atoms with Crippen LogP contribution in [0.4, 0.5) is 4.79 Å². The van der Waals surface area contributed by atoms with Crippen LogP contribution in [0, 0.1) is 5.92 Å². The first-order valence-corrected chi connectivity index (χ1v) is 8.85. The fourth-order valence-electron chi connectivity index (χ4n) is 2.68. The summed E-state index contributed by atoms with van der Waals surface area (Å²) in [4.78, 5) is 24.3. The maximum Gasteiger partial charge on any atom is 0.407 e. The van der Waals surface area contributed by atoms with Crippen molar-refractivity contribution in [1.82, 2.24) is 5.32 Å². The van der Waals surface area contributed by atoms with Gasteiger partial charge in [-0.3, -0.25) is 4.79 Å². The van der Waals surface area contributed by atoms with E-state index in [4.69, 9.17) is 14.2 Å². The molecule has 0 bridgehead atoms. The van der Waals surface area contributed by atoms with Crippen molar-refractivity contribution < 1.29 is 23.8 Å². The van der Waals surface area contributed by atoms with Crippen LogP contribution in [0.15, 0.2) is 0 Å². The number of carbonyl (C=O) groups is 2. The Bertz CT molecular complexity index is 410. The van der Waals surface area contributed by atoms with E-state index in [0.717, 1.165) is 19.3 Å². The molecule has 1 heterocycles. The monoisotopic (exact) mass is 343 g/mol. The van der Waals surface area contributed by atoms with E-state index in [-0.39, 0.29) is 12.1 Å². The number of hydrogen-bond acceptors (Lipinski definition) is 5. The maximum atomic E-state index is 12.1. The average Bonchev–Trinajstić information content (AvgIpc) is 2.42. The number of Topliss-reactive ketones (excluding diaryl/α,β-unsaturated/α-hetero) is 1. The molecule has 0 aromatic rings.